The van der Waals surface area contributed by atoms with E-state index in [1.165, 1.54) is 0 Å². The van der Waals surface area contributed by atoms with Gasteiger partial charge in [0.2, 0.25) is 0 Å². The molecular weight excluding hydrogens is 232 g/mol. The van der Waals surface area contributed by atoms with Gasteiger partial charge in [-0.3, -0.25) is 0 Å². The zero-order valence-electron chi connectivity index (χ0n) is 10.0. The summed E-state index contributed by atoms with van der Waals surface area (Å²) in [5.74, 6) is 0.891. The number of hydrogen-bond acceptors (Lipinski definition) is 4. The normalized spacial score (nSPS) is 10.8. The number of hydrogen-bond donors (Lipinski definition) is 1. The fraction of sp³-hybridized carbons (Fsp3) is 0.308. The van der Waals surface area contributed by atoms with Crippen molar-refractivity contribution in [3.05, 3.63) is 35.5 Å². The Labute approximate surface area is 105 Å². The summed E-state index contributed by atoms with van der Waals surface area (Å²) < 4.78 is 5.61. The maximum Gasteiger partial charge on any atom is 0.119 e. The smallest absolute Gasteiger partial charge is 0.119 e. The van der Waals surface area contributed by atoms with E-state index in [0.29, 0.717) is 6.54 Å². The van der Waals surface area contributed by atoms with Crippen molar-refractivity contribution in [2.45, 2.75) is 26.5 Å². The molecule has 0 saturated carbocycles. The standard InChI is InChI=1S/C13H16N2OS/c1-9(2)16-11-5-3-10(4-6-11)13-12(7-14)15-8-17-13/h3-6,8-9H,7,14H2,1-2H3. The minimum atomic E-state index is 0.198. The van der Waals surface area contributed by atoms with E-state index in [-0.39, 0.29) is 6.10 Å². The van der Waals surface area contributed by atoms with Crippen LogP contribution in [-0.4, -0.2) is 11.1 Å². The van der Waals surface area contributed by atoms with E-state index >= 15 is 0 Å². The van der Waals surface area contributed by atoms with Crippen LogP contribution in [-0.2, 0) is 6.54 Å². The van der Waals surface area contributed by atoms with Crippen molar-refractivity contribution in [3.8, 4) is 16.2 Å². The first-order valence-corrected chi connectivity index (χ1v) is 6.48. The molecule has 4 heteroatoms. The molecule has 2 rings (SSSR count). The summed E-state index contributed by atoms with van der Waals surface area (Å²) in [5.41, 5.74) is 9.57. The molecule has 0 radical (unpaired) electrons. The molecule has 90 valence electrons. The number of ether oxygens (including phenoxy) is 1. The topological polar surface area (TPSA) is 48.1 Å². The SMILES string of the molecule is CC(C)Oc1ccc(-c2scnc2CN)cc1. The summed E-state index contributed by atoms with van der Waals surface area (Å²) >= 11 is 1.62. The fourth-order valence-corrected chi connectivity index (χ4v) is 2.44. The van der Waals surface area contributed by atoms with E-state index < -0.39 is 0 Å². The molecule has 0 spiro atoms. The molecule has 1 aromatic carbocycles. The fourth-order valence-electron chi connectivity index (χ4n) is 1.61. The summed E-state index contributed by atoms with van der Waals surface area (Å²) in [7, 11) is 0. The van der Waals surface area contributed by atoms with Crippen molar-refractivity contribution in [1.29, 1.82) is 0 Å². The molecule has 0 bridgehead atoms. The van der Waals surface area contributed by atoms with Crippen LogP contribution in [0.15, 0.2) is 29.8 Å². The Bertz CT molecular complexity index is 476. The lowest BCUT2D eigenvalue weighted by Gasteiger charge is -2.09. The first-order valence-electron chi connectivity index (χ1n) is 5.60. The number of rotatable bonds is 4. The number of nitrogens with zero attached hydrogens (tertiary/aromatic N) is 1. The minimum Gasteiger partial charge on any atom is -0.491 e. The van der Waals surface area contributed by atoms with Crippen LogP contribution in [0.25, 0.3) is 10.4 Å². The third kappa shape index (κ3) is 2.84. The van der Waals surface area contributed by atoms with Gasteiger partial charge in [-0.05, 0) is 43.7 Å². The monoisotopic (exact) mass is 248 g/mol. The van der Waals surface area contributed by atoms with Gasteiger partial charge < -0.3 is 10.5 Å². The van der Waals surface area contributed by atoms with Crippen LogP contribution < -0.4 is 10.5 Å². The third-order valence-corrected chi connectivity index (χ3v) is 3.24. The number of thiazole rings is 1. The van der Waals surface area contributed by atoms with Crippen LogP contribution >= 0.6 is 11.3 Å². The van der Waals surface area contributed by atoms with Crippen LogP contribution in [0.5, 0.6) is 5.75 Å². The molecular formula is C13H16N2OS. The van der Waals surface area contributed by atoms with E-state index in [0.717, 1.165) is 21.9 Å². The minimum absolute atomic E-state index is 0.198. The molecule has 3 nitrogen and oxygen atoms in total. The second kappa shape index (κ2) is 5.29. The van der Waals surface area contributed by atoms with Crippen LogP contribution in [0, 0.1) is 0 Å². The lowest BCUT2D eigenvalue weighted by Crippen LogP contribution is -2.05. The van der Waals surface area contributed by atoms with Crippen molar-refractivity contribution < 1.29 is 4.74 Å². The highest BCUT2D eigenvalue weighted by Crippen LogP contribution is 2.29. The van der Waals surface area contributed by atoms with Gasteiger partial charge in [0, 0.05) is 6.54 Å². The van der Waals surface area contributed by atoms with Crippen LogP contribution in [0.2, 0.25) is 0 Å². The van der Waals surface area contributed by atoms with Gasteiger partial charge in [-0.1, -0.05) is 0 Å². The van der Waals surface area contributed by atoms with Crippen molar-refractivity contribution in [3.63, 3.8) is 0 Å². The van der Waals surface area contributed by atoms with E-state index in [1.807, 2.05) is 43.6 Å². The molecule has 0 saturated heterocycles. The molecule has 2 aromatic rings. The first kappa shape index (κ1) is 12.1. The van der Waals surface area contributed by atoms with Crippen molar-refractivity contribution in [2.75, 3.05) is 0 Å². The summed E-state index contributed by atoms with van der Waals surface area (Å²) in [6.07, 6.45) is 0.198. The summed E-state index contributed by atoms with van der Waals surface area (Å²) in [6.45, 7) is 4.51. The summed E-state index contributed by atoms with van der Waals surface area (Å²) in [6, 6.07) is 8.06. The Hall–Kier alpha value is -1.39. The molecule has 0 unspecified atom stereocenters. The van der Waals surface area contributed by atoms with Crippen molar-refractivity contribution >= 4 is 11.3 Å². The number of benzene rings is 1. The highest BCUT2D eigenvalue weighted by Gasteiger charge is 2.07. The molecule has 2 N–H and O–H groups in total. The van der Waals surface area contributed by atoms with Crippen molar-refractivity contribution in [1.82, 2.24) is 4.98 Å². The Kier molecular flexibility index (Phi) is 3.76. The van der Waals surface area contributed by atoms with Gasteiger partial charge in [-0.2, -0.15) is 0 Å². The van der Waals surface area contributed by atoms with Gasteiger partial charge in [-0.25, -0.2) is 4.98 Å². The van der Waals surface area contributed by atoms with Crippen LogP contribution in [0.3, 0.4) is 0 Å². The van der Waals surface area contributed by atoms with Crippen molar-refractivity contribution in [2.24, 2.45) is 5.73 Å². The lowest BCUT2D eigenvalue weighted by molar-refractivity contribution is 0.242. The van der Waals surface area contributed by atoms with Gasteiger partial charge in [0.25, 0.3) is 0 Å². The molecule has 0 amide bonds. The predicted octanol–water partition coefficient (Wildman–Crippen LogP) is 3.06. The predicted molar refractivity (Wildman–Crippen MR) is 71.2 cm³/mol. The van der Waals surface area contributed by atoms with Gasteiger partial charge >= 0.3 is 0 Å². The van der Waals surface area contributed by atoms with Gasteiger partial charge in [0.15, 0.2) is 0 Å². The van der Waals surface area contributed by atoms with E-state index in [2.05, 4.69) is 4.98 Å². The zero-order chi connectivity index (χ0) is 12.3. The second-order valence-corrected chi connectivity index (χ2v) is 4.88. The molecule has 0 aliphatic heterocycles. The second-order valence-electron chi connectivity index (χ2n) is 4.02. The highest BCUT2D eigenvalue weighted by molar-refractivity contribution is 7.13. The van der Waals surface area contributed by atoms with E-state index in [4.69, 9.17) is 10.5 Å². The average molecular weight is 248 g/mol. The molecule has 17 heavy (non-hydrogen) atoms. The number of nitrogens with two attached hydrogens (primary N) is 1. The highest BCUT2D eigenvalue weighted by atomic mass is 32.1. The van der Waals surface area contributed by atoms with Gasteiger partial charge in [0.1, 0.15) is 5.75 Å². The zero-order valence-corrected chi connectivity index (χ0v) is 10.8. The molecule has 1 aromatic heterocycles. The molecule has 0 aliphatic carbocycles. The Balaban J connectivity index is 2.23. The maximum absolute atomic E-state index is 5.65. The third-order valence-electron chi connectivity index (χ3n) is 2.32. The first-order chi connectivity index (χ1) is 8.20. The molecule has 0 fully saturated rings. The molecule has 1 heterocycles. The van der Waals surface area contributed by atoms with E-state index in [9.17, 15) is 0 Å². The maximum atomic E-state index is 5.65. The summed E-state index contributed by atoms with van der Waals surface area (Å²) in [4.78, 5) is 5.39. The Morgan fingerprint density at radius 2 is 2.00 bits per heavy atom. The largest absolute Gasteiger partial charge is 0.491 e. The number of aromatic nitrogens is 1. The van der Waals surface area contributed by atoms with E-state index in [1.54, 1.807) is 11.3 Å². The molecule has 0 aliphatic rings. The lowest BCUT2D eigenvalue weighted by atomic mass is 10.1. The van der Waals surface area contributed by atoms with Crippen LogP contribution in [0.1, 0.15) is 19.5 Å². The quantitative estimate of drug-likeness (QED) is 0.904. The Morgan fingerprint density at radius 1 is 1.29 bits per heavy atom. The summed E-state index contributed by atoms with van der Waals surface area (Å²) in [5, 5.41) is 0. The average Bonchev–Trinajstić information content (AvgIpc) is 2.77. The van der Waals surface area contributed by atoms with Gasteiger partial charge in [0.05, 0.1) is 22.2 Å². The molecule has 0 atom stereocenters. The van der Waals surface area contributed by atoms with Crippen LogP contribution in [0.4, 0.5) is 0 Å². The van der Waals surface area contributed by atoms with Gasteiger partial charge in [-0.15, -0.1) is 11.3 Å². The Morgan fingerprint density at radius 3 is 2.59 bits per heavy atom.